The predicted molar refractivity (Wildman–Crippen MR) is 65.2 cm³/mol. The molecule has 0 aliphatic rings. The topological polar surface area (TPSA) is 60.7 Å². The highest BCUT2D eigenvalue weighted by Crippen LogP contribution is 2.35. The van der Waals surface area contributed by atoms with E-state index in [1.54, 1.807) is 24.3 Å². The summed E-state index contributed by atoms with van der Waals surface area (Å²) in [5.74, 6) is 0.105. The van der Waals surface area contributed by atoms with Gasteiger partial charge in [-0.25, -0.2) is 0 Å². The zero-order valence-corrected chi connectivity index (χ0v) is 10.3. The fourth-order valence-electron chi connectivity index (χ4n) is 1.28. The number of alkyl halides is 1. The predicted octanol–water partition coefficient (Wildman–Crippen LogP) is 0.748. The van der Waals surface area contributed by atoms with Gasteiger partial charge in [0.2, 0.25) is 6.49 Å². The maximum absolute atomic E-state index is 9.42. The van der Waals surface area contributed by atoms with Crippen molar-refractivity contribution in [3.8, 4) is 0 Å². The SMILES string of the molecule is OC(CCl)Cc1ccccc1P(O)(O)=S. The molecule has 3 nitrogen and oxygen atoms in total. The van der Waals surface area contributed by atoms with Gasteiger partial charge < -0.3 is 14.9 Å². The van der Waals surface area contributed by atoms with Gasteiger partial charge in [-0.2, -0.15) is 0 Å². The van der Waals surface area contributed by atoms with Crippen LogP contribution in [0.4, 0.5) is 0 Å². The molecule has 84 valence electrons. The molecule has 0 radical (unpaired) electrons. The van der Waals surface area contributed by atoms with Crippen molar-refractivity contribution in [2.75, 3.05) is 5.88 Å². The summed E-state index contributed by atoms with van der Waals surface area (Å²) in [5, 5.41) is 9.71. The standard InChI is InChI=1S/C9H12ClO3PS/c10-6-8(11)5-7-3-1-2-4-9(7)14(12,13)15/h1-4,8,11H,5-6H2,(H2,12,13,15). The van der Waals surface area contributed by atoms with Gasteiger partial charge in [0.25, 0.3) is 0 Å². The molecular weight excluding hydrogens is 255 g/mol. The molecule has 1 atom stereocenters. The Morgan fingerprint density at radius 1 is 1.33 bits per heavy atom. The van der Waals surface area contributed by atoms with Crippen LogP contribution in [-0.2, 0) is 18.2 Å². The van der Waals surface area contributed by atoms with Crippen LogP contribution in [-0.4, -0.2) is 26.9 Å². The monoisotopic (exact) mass is 266 g/mol. The molecule has 0 saturated heterocycles. The summed E-state index contributed by atoms with van der Waals surface area (Å²) in [7, 11) is 0. The minimum absolute atomic E-state index is 0.105. The van der Waals surface area contributed by atoms with Crippen molar-refractivity contribution in [1.29, 1.82) is 0 Å². The molecule has 6 heteroatoms. The summed E-state index contributed by atoms with van der Waals surface area (Å²) in [6.07, 6.45) is -0.423. The van der Waals surface area contributed by atoms with E-state index in [-0.39, 0.29) is 12.3 Å². The summed E-state index contributed by atoms with van der Waals surface area (Å²) in [4.78, 5) is 18.8. The van der Waals surface area contributed by atoms with E-state index in [4.69, 9.17) is 11.6 Å². The first-order valence-corrected chi connectivity index (χ1v) is 7.57. The Morgan fingerprint density at radius 2 is 1.93 bits per heavy atom. The minimum atomic E-state index is -3.44. The minimum Gasteiger partial charge on any atom is -0.392 e. The second-order valence-electron chi connectivity index (χ2n) is 3.18. The molecule has 1 aromatic carbocycles. The fraction of sp³-hybridized carbons (Fsp3) is 0.333. The molecule has 0 amide bonds. The molecule has 0 saturated carbocycles. The summed E-state index contributed by atoms with van der Waals surface area (Å²) >= 11 is 10.1. The highest BCUT2D eigenvalue weighted by molar-refractivity contribution is 8.12. The van der Waals surface area contributed by atoms with Crippen LogP contribution in [0.1, 0.15) is 5.56 Å². The van der Waals surface area contributed by atoms with Crippen LogP contribution >= 0.6 is 18.1 Å². The van der Waals surface area contributed by atoms with E-state index in [2.05, 4.69) is 11.8 Å². The average molecular weight is 267 g/mol. The Labute approximate surface area is 98.5 Å². The first kappa shape index (κ1) is 13.1. The van der Waals surface area contributed by atoms with Crippen molar-refractivity contribution in [2.24, 2.45) is 0 Å². The molecule has 0 aromatic heterocycles. The van der Waals surface area contributed by atoms with Crippen molar-refractivity contribution in [2.45, 2.75) is 12.5 Å². The van der Waals surface area contributed by atoms with Crippen LogP contribution in [0, 0.1) is 0 Å². The lowest BCUT2D eigenvalue weighted by molar-refractivity contribution is 0.199. The number of aliphatic hydroxyl groups excluding tert-OH is 1. The van der Waals surface area contributed by atoms with Gasteiger partial charge in [-0.1, -0.05) is 18.2 Å². The van der Waals surface area contributed by atoms with Gasteiger partial charge in [0.05, 0.1) is 6.10 Å². The van der Waals surface area contributed by atoms with Crippen LogP contribution in [0.2, 0.25) is 0 Å². The van der Waals surface area contributed by atoms with Gasteiger partial charge in [-0.3, -0.25) is 0 Å². The van der Waals surface area contributed by atoms with Gasteiger partial charge in [0.15, 0.2) is 0 Å². The maximum atomic E-state index is 9.42. The molecule has 0 aliphatic heterocycles. The Hall–Kier alpha value is 0.0400. The highest BCUT2D eigenvalue weighted by Gasteiger charge is 2.17. The normalized spacial score (nSPS) is 13.9. The van der Waals surface area contributed by atoms with Gasteiger partial charge >= 0.3 is 0 Å². The number of hydrogen-bond acceptors (Lipinski definition) is 2. The molecule has 0 bridgehead atoms. The number of aliphatic hydroxyl groups is 1. The van der Waals surface area contributed by atoms with Gasteiger partial charge in [0.1, 0.15) is 0 Å². The number of halogens is 1. The molecule has 15 heavy (non-hydrogen) atoms. The Bertz CT molecular complexity index is 379. The number of rotatable bonds is 4. The molecule has 1 aromatic rings. The van der Waals surface area contributed by atoms with Gasteiger partial charge in [-0.05, 0) is 23.4 Å². The summed E-state index contributed by atoms with van der Waals surface area (Å²) in [5.41, 5.74) is 0.638. The molecule has 0 fully saturated rings. The van der Waals surface area contributed by atoms with Gasteiger partial charge in [0, 0.05) is 17.6 Å². The average Bonchev–Trinajstić information content (AvgIpc) is 2.17. The van der Waals surface area contributed by atoms with Crippen LogP contribution in [0.5, 0.6) is 0 Å². The van der Waals surface area contributed by atoms with E-state index in [0.717, 1.165) is 0 Å². The zero-order chi connectivity index (χ0) is 11.5. The number of benzene rings is 1. The fourth-order valence-corrected chi connectivity index (χ4v) is 2.74. The zero-order valence-electron chi connectivity index (χ0n) is 7.88. The van der Waals surface area contributed by atoms with Crippen molar-refractivity contribution < 1.29 is 14.9 Å². The molecule has 1 rings (SSSR count). The summed E-state index contributed by atoms with van der Waals surface area (Å²) in [6, 6.07) is 6.71. The quantitative estimate of drug-likeness (QED) is 0.556. The third kappa shape index (κ3) is 3.83. The van der Waals surface area contributed by atoms with Gasteiger partial charge in [-0.15, -0.1) is 11.6 Å². The lowest BCUT2D eigenvalue weighted by Gasteiger charge is -2.15. The molecular formula is C9H12ClO3PS. The first-order chi connectivity index (χ1) is 6.95. The van der Waals surface area contributed by atoms with Crippen molar-refractivity contribution in [1.82, 2.24) is 0 Å². The molecule has 0 spiro atoms. The third-order valence-electron chi connectivity index (χ3n) is 1.94. The summed E-state index contributed by atoms with van der Waals surface area (Å²) in [6.45, 7) is -3.44. The Morgan fingerprint density at radius 3 is 2.47 bits per heavy atom. The van der Waals surface area contributed by atoms with E-state index in [9.17, 15) is 14.9 Å². The van der Waals surface area contributed by atoms with E-state index in [0.29, 0.717) is 10.9 Å². The Kier molecular flexibility index (Phi) is 4.71. The van der Waals surface area contributed by atoms with Crippen molar-refractivity contribution in [3.63, 3.8) is 0 Å². The van der Waals surface area contributed by atoms with Crippen LogP contribution in [0.15, 0.2) is 24.3 Å². The Balaban J connectivity index is 3.02. The van der Waals surface area contributed by atoms with Crippen molar-refractivity contribution in [3.05, 3.63) is 29.8 Å². The summed E-state index contributed by atoms with van der Waals surface area (Å²) < 4.78 is 0. The molecule has 0 heterocycles. The second kappa shape index (κ2) is 5.39. The van der Waals surface area contributed by atoms with Crippen LogP contribution in [0.25, 0.3) is 0 Å². The maximum Gasteiger partial charge on any atom is 0.214 e. The van der Waals surface area contributed by atoms with Crippen molar-refractivity contribution >= 4 is 35.2 Å². The first-order valence-electron chi connectivity index (χ1n) is 4.33. The van der Waals surface area contributed by atoms with E-state index < -0.39 is 12.6 Å². The molecule has 3 N–H and O–H groups in total. The second-order valence-corrected chi connectivity index (χ2v) is 6.59. The van der Waals surface area contributed by atoms with E-state index >= 15 is 0 Å². The highest BCUT2D eigenvalue weighted by atomic mass is 35.5. The van der Waals surface area contributed by atoms with E-state index in [1.165, 1.54) is 0 Å². The third-order valence-corrected chi connectivity index (χ3v) is 3.95. The van der Waals surface area contributed by atoms with Crippen LogP contribution in [0.3, 0.4) is 0 Å². The van der Waals surface area contributed by atoms with E-state index in [1.807, 2.05) is 0 Å². The van der Waals surface area contributed by atoms with Crippen LogP contribution < -0.4 is 5.30 Å². The number of hydrogen-bond donors (Lipinski definition) is 3. The lowest BCUT2D eigenvalue weighted by atomic mass is 10.1. The largest absolute Gasteiger partial charge is 0.392 e. The smallest absolute Gasteiger partial charge is 0.214 e. The molecule has 0 aliphatic carbocycles. The lowest BCUT2D eigenvalue weighted by Crippen LogP contribution is -2.18. The molecule has 1 unspecified atom stereocenters.